The van der Waals surface area contributed by atoms with Gasteiger partial charge in [-0.3, -0.25) is 4.79 Å². The summed E-state index contributed by atoms with van der Waals surface area (Å²) in [5.41, 5.74) is 0. The van der Waals surface area contributed by atoms with Crippen molar-refractivity contribution >= 4 is 35.8 Å². The van der Waals surface area contributed by atoms with Gasteiger partial charge in [-0.05, 0) is 38.5 Å². The molecule has 1 rings (SSSR count). The molecule has 0 saturated carbocycles. The SMILES string of the molecule is CCCNC(=O)CN=C(NCC)NCCCOCC1CCOCC1.I. The van der Waals surface area contributed by atoms with Crippen LogP contribution in [0.3, 0.4) is 0 Å². The van der Waals surface area contributed by atoms with E-state index in [4.69, 9.17) is 9.47 Å². The van der Waals surface area contributed by atoms with Crippen LogP contribution < -0.4 is 16.0 Å². The molecule has 1 heterocycles. The van der Waals surface area contributed by atoms with E-state index < -0.39 is 0 Å². The van der Waals surface area contributed by atoms with Crippen LogP contribution in [0.15, 0.2) is 4.99 Å². The highest BCUT2D eigenvalue weighted by molar-refractivity contribution is 14.0. The lowest BCUT2D eigenvalue weighted by molar-refractivity contribution is -0.119. The highest BCUT2D eigenvalue weighted by Gasteiger charge is 2.13. The molecule has 0 aromatic rings. The Morgan fingerprint density at radius 1 is 1.16 bits per heavy atom. The van der Waals surface area contributed by atoms with E-state index in [0.29, 0.717) is 18.4 Å². The number of guanidine groups is 1. The molecule has 7 nitrogen and oxygen atoms in total. The zero-order valence-corrected chi connectivity index (χ0v) is 18.0. The van der Waals surface area contributed by atoms with Gasteiger partial charge in [0.15, 0.2) is 5.96 Å². The number of amides is 1. The Labute approximate surface area is 169 Å². The number of carbonyl (C=O) groups excluding carboxylic acids is 1. The van der Waals surface area contributed by atoms with Crippen LogP contribution in [0.25, 0.3) is 0 Å². The average Bonchev–Trinajstić information content (AvgIpc) is 2.61. The maximum absolute atomic E-state index is 11.6. The van der Waals surface area contributed by atoms with Crippen molar-refractivity contribution in [2.45, 2.75) is 39.5 Å². The molecule has 1 aliphatic rings. The van der Waals surface area contributed by atoms with Crippen LogP contribution in [0.2, 0.25) is 0 Å². The molecule has 0 radical (unpaired) electrons. The monoisotopic (exact) mass is 470 g/mol. The van der Waals surface area contributed by atoms with Gasteiger partial charge in [-0.15, -0.1) is 24.0 Å². The molecule has 3 N–H and O–H groups in total. The Morgan fingerprint density at radius 2 is 1.92 bits per heavy atom. The maximum atomic E-state index is 11.6. The van der Waals surface area contributed by atoms with Crippen molar-refractivity contribution in [1.29, 1.82) is 0 Å². The van der Waals surface area contributed by atoms with E-state index in [1.54, 1.807) is 0 Å². The lowest BCUT2D eigenvalue weighted by atomic mass is 10.0. The fourth-order valence-electron chi connectivity index (χ4n) is 2.36. The fraction of sp³-hybridized carbons (Fsp3) is 0.882. The lowest BCUT2D eigenvalue weighted by Crippen LogP contribution is -2.39. The molecular formula is C17H35IN4O3. The van der Waals surface area contributed by atoms with Gasteiger partial charge in [0.25, 0.3) is 0 Å². The van der Waals surface area contributed by atoms with E-state index in [2.05, 4.69) is 20.9 Å². The minimum Gasteiger partial charge on any atom is -0.381 e. The normalized spacial score (nSPS) is 15.4. The van der Waals surface area contributed by atoms with Crippen LogP contribution in [0.1, 0.15) is 39.5 Å². The average molecular weight is 470 g/mol. The van der Waals surface area contributed by atoms with Crippen molar-refractivity contribution in [3.05, 3.63) is 0 Å². The van der Waals surface area contributed by atoms with E-state index in [9.17, 15) is 4.79 Å². The van der Waals surface area contributed by atoms with Crippen LogP contribution >= 0.6 is 24.0 Å². The number of halogens is 1. The Kier molecular flexibility index (Phi) is 16.4. The largest absolute Gasteiger partial charge is 0.381 e. The summed E-state index contributed by atoms with van der Waals surface area (Å²) in [7, 11) is 0. The summed E-state index contributed by atoms with van der Waals surface area (Å²) in [4.78, 5) is 15.9. The van der Waals surface area contributed by atoms with E-state index in [1.165, 1.54) is 0 Å². The smallest absolute Gasteiger partial charge is 0.241 e. The molecule has 1 saturated heterocycles. The Morgan fingerprint density at radius 3 is 2.60 bits per heavy atom. The molecule has 0 atom stereocenters. The highest BCUT2D eigenvalue weighted by Crippen LogP contribution is 2.14. The number of hydrogen-bond acceptors (Lipinski definition) is 4. The van der Waals surface area contributed by atoms with Crippen LogP contribution in [0.4, 0.5) is 0 Å². The standard InChI is InChI=1S/C17H34N4O3.HI/c1-3-8-19-16(22)13-21-17(18-4-2)20-9-5-10-24-14-15-6-11-23-12-7-15;/h15H,3-14H2,1-2H3,(H,19,22)(H2,18,20,21);1H. The Hall–Kier alpha value is -0.610. The predicted octanol–water partition coefficient (Wildman–Crippen LogP) is 1.52. The predicted molar refractivity (Wildman–Crippen MR) is 112 cm³/mol. The van der Waals surface area contributed by atoms with Crippen LogP contribution in [-0.2, 0) is 14.3 Å². The van der Waals surface area contributed by atoms with Crippen LogP contribution in [0.5, 0.6) is 0 Å². The summed E-state index contributed by atoms with van der Waals surface area (Å²) in [5.74, 6) is 1.27. The van der Waals surface area contributed by atoms with Gasteiger partial charge in [-0.1, -0.05) is 6.92 Å². The molecule has 0 aliphatic carbocycles. The number of carbonyl (C=O) groups is 1. The number of rotatable bonds is 11. The van der Waals surface area contributed by atoms with Gasteiger partial charge in [0.05, 0.1) is 0 Å². The van der Waals surface area contributed by atoms with Crippen molar-refractivity contribution in [2.75, 3.05) is 52.6 Å². The maximum Gasteiger partial charge on any atom is 0.241 e. The van der Waals surface area contributed by atoms with Gasteiger partial charge in [0, 0.05) is 46.1 Å². The second-order valence-electron chi connectivity index (χ2n) is 5.96. The van der Waals surface area contributed by atoms with E-state index in [0.717, 1.165) is 65.2 Å². The number of aliphatic imine (C=N–C) groups is 1. The molecule has 0 aromatic heterocycles. The van der Waals surface area contributed by atoms with Crippen molar-refractivity contribution in [1.82, 2.24) is 16.0 Å². The van der Waals surface area contributed by atoms with Crippen LogP contribution in [0, 0.1) is 5.92 Å². The molecule has 1 aliphatic heterocycles. The molecule has 148 valence electrons. The summed E-state index contributed by atoms with van der Waals surface area (Å²) in [5, 5.41) is 9.18. The van der Waals surface area contributed by atoms with Gasteiger partial charge >= 0.3 is 0 Å². The third-order valence-electron chi connectivity index (χ3n) is 3.75. The molecule has 0 bridgehead atoms. The van der Waals surface area contributed by atoms with Gasteiger partial charge in [-0.25, -0.2) is 4.99 Å². The molecule has 1 fully saturated rings. The van der Waals surface area contributed by atoms with Gasteiger partial charge in [0.2, 0.25) is 5.91 Å². The van der Waals surface area contributed by atoms with Crippen molar-refractivity contribution in [2.24, 2.45) is 10.9 Å². The topological polar surface area (TPSA) is 84.0 Å². The Bertz CT molecular complexity index is 364. The van der Waals surface area contributed by atoms with E-state index in [1.807, 2.05) is 13.8 Å². The molecule has 1 amide bonds. The second-order valence-corrected chi connectivity index (χ2v) is 5.96. The summed E-state index contributed by atoms with van der Waals surface area (Å²) in [6.07, 6.45) is 4.06. The number of ether oxygens (including phenoxy) is 2. The molecule has 8 heteroatoms. The number of nitrogens with one attached hydrogen (secondary N) is 3. The zero-order valence-electron chi connectivity index (χ0n) is 15.6. The molecule has 25 heavy (non-hydrogen) atoms. The quantitative estimate of drug-likeness (QED) is 0.185. The molecular weight excluding hydrogens is 435 g/mol. The van der Waals surface area contributed by atoms with Gasteiger partial charge in [-0.2, -0.15) is 0 Å². The second kappa shape index (κ2) is 16.8. The first-order valence-electron chi connectivity index (χ1n) is 9.20. The summed E-state index contributed by atoms with van der Waals surface area (Å²) >= 11 is 0. The first-order valence-corrected chi connectivity index (χ1v) is 9.20. The fourth-order valence-corrected chi connectivity index (χ4v) is 2.36. The van der Waals surface area contributed by atoms with Crippen molar-refractivity contribution in [3.8, 4) is 0 Å². The molecule has 0 aromatic carbocycles. The van der Waals surface area contributed by atoms with Crippen molar-refractivity contribution < 1.29 is 14.3 Å². The van der Waals surface area contributed by atoms with E-state index in [-0.39, 0.29) is 36.4 Å². The zero-order chi connectivity index (χ0) is 17.5. The van der Waals surface area contributed by atoms with Crippen LogP contribution in [-0.4, -0.2) is 64.5 Å². The molecule has 0 unspecified atom stereocenters. The minimum atomic E-state index is -0.0474. The van der Waals surface area contributed by atoms with E-state index >= 15 is 0 Å². The van der Waals surface area contributed by atoms with Gasteiger partial charge in [0.1, 0.15) is 6.54 Å². The lowest BCUT2D eigenvalue weighted by Gasteiger charge is -2.21. The summed E-state index contributed by atoms with van der Waals surface area (Å²) in [6, 6.07) is 0. The minimum absolute atomic E-state index is 0. The van der Waals surface area contributed by atoms with Crippen molar-refractivity contribution in [3.63, 3.8) is 0 Å². The Balaban J connectivity index is 0.00000576. The number of nitrogens with zero attached hydrogens (tertiary/aromatic N) is 1. The first kappa shape index (κ1) is 24.4. The summed E-state index contributed by atoms with van der Waals surface area (Å²) < 4.78 is 11.1. The molecule has 0 spiro atoms. The summed E-state index contributed by atoms with van der Waals surface area (Å²) in [6.45, 7) is 9.71. The number of hydrogen-bond donors (Lipinski definition) is 3. The first-order chi connectivity index (χ1) is 11.8. The third kappa shape index (κ3) is 13.3. The van der Waals surface area contributed by atoms with Gasteiger partial charge < -0.3 is 25.4 Å². The third-order valence-corrected chi connectivity index (χ3v) is 3.75. The highest BCUT2D eigenvalue weighted by atomic mass is 127.